The predicted molar refractivity (Wildman–Crippen MR) is 66.8 cm³/mol. The number of aliphatic hydroxyl groups is 1. The van der Waals surface area contributed by atoms with Crippen molar-refractivity contribution in [2.45, 2.75) is 25.4 Å². The van der Waals surface area contributed by atoms with Gasteiger partial charge in [-0.3, -0.25) is 4.79 Å². The molecule has 18 heavy (non-hydrogen) atoms. The van der Waals surface area contributed by atoms with E-state index >= 15 is 0 Å². The largest absolute Gasteiger partial charge is 0.396 e. The second-order valence-electron chi connectivity index (χ2n) is 4.51. The van der Waals surface area contributed by atoms with Gasteiger partial charge in [0.05, 0.1) is 6.04 Å². The number of nitrogens with zero attached hydrogens (tertiary/aromatic N) is 1. The van der Waals surface area contributed by atoms with Crippen molar-refractivity contribution in [3.05, 3.63) is 30.1 Å². The molecule has 0 radical (unpaired) electrons. The van der Waals surface area contributed by atoms with Crippen molar-refractivity contribution in [3.63, 3.8) is 0 Å². The molecular formula is C13H17FN2O2. The first kappa shape index (κ1) is 13.0. The number of hydrogen-bond acceptors (Lipinski definition) is 3. The van der Waals surface area contributed by atoms with Crippen LogP contribution in [0.2, 0.25) is 0 Å². The van der Waals surface area contributed by atoms with E-state index in [1.165, 1.54) is 12.1 Å². The van der Waals surface area contributed by atoms with E-state index in [0.29, 0.717) is 18.7 Å². The summed E-state index contributed by atoms with van der Waals surface area (Å²) < 4.78 is 13.2. The molecule has 2 N–H and O–H groups in total. The standard InChI is InChI=1S/C13H17FN2O2/c1-9-8-15-12(5-6-17)13(18)16(9)11-4-2-3-10(14)7-11/h2-4,7,9,12,15,17H,5-6,8H2,1H3. The maximum Gasteiger partial charge on any atom is 0.244 e. The topological polar surface area (TPSA) is 52.6 Å². The molecule has 1 aliphatic rings. The number of amides is 1. The van der Waals surface area contributed by atoms with Crippen molar-refractivity contribution in [2.75, 3.05) is 18.1 Å². The lowest BCUT2D eigenvalue weighted by molar-refractivity contribution is -0.122. The molecule has 0 saturated carbocycles. The van der Waals surface area contributed by atoms with Crippen LogP contribution in [0.4, 0.5) is 10.1 Å². The molecule has 1 fully saturated rings. The summed E-state index contributed by atoms with van der Waals surface area (Å²) in [6, 6.07) is 5.60. The third-order valence-electron chi connectivity index (χ3n) is 3.14. The molecule has 1 aromatic rings. The van der Waals surface area contributed by atoms with Crippen molar-refractivity contribution in [2.24, 2.45) is 0 Å². The Hall–Kier alpha value is -1.46. The van der Waals surface area contributed by atoms with E-state index in [-0.39, 0.29) is 24.4 Å². The monoisotopic (exact) mass is 252 g/mol. The Morgan fingerprint density at radius 1 is 1.56 bits per heavy atom. The Labute approximate surface area is 105 Å². The highest BCUT2D eigenvalue weighted by Crippen LogP contribution is 2.22. The van der Waals surface area contributed by atoms with Crippen molar-refractivity contribution < 1.29 is 14.3 Å². The van der Waals surface area contributed by atoms with Crippen molar-refractivity contribution in [1.82, 2.24) is 5.32 Å². The van der Waals surface area contributed by atoms with E-state index in [4.69, 9.17) is 5.11 Å². The molecule has 5 heteroatoms. The minimum Gasteiger partial charge on any atom is -0.396 e. The van der Waals surface area contributed by atoms with E-state index in [2.05, 4.69) is 5.32 Å². The molecule has 98 valence electrons. The molecular weight excluding hydrogens is 235 g/mol. The number of rotatable bonds is 3. The van der Waals surface area contributed by atoms with Gasteiger partial charge in [-0.15, -0.1) is 0 Å². The second-order valence-corrected chi connectivity index (χ2v) is 4.51. The van der Waals surface area contributed by atoms with Gasteiger partial charge in [-0.25, -0.2) is 4.39 Å². The zero-order chi connectivity index (χ0) is 13.1. The molecule has 1 saturated heterocycles. The Balaban J connectivity index is 2.26. The van der Waals surface area contributed by atoms with Gasteiger partial charge in [0.1, 0.15) is 5.82 Å². The summed E-state index contributed by atoms with van der Waals surface area (Å²) in [4.78, 5) is 13.9. The quantitative estimate of drug-likeness (QED) is 0.840. The van der Waals surface area contributed by atoms with Crippen LogP contribution in [-0.4, -0.2) is 36.2 Å². The number of halogens is 1. The molecule has 1 aliphatic heterocycles. The molecule has 0 aromatic heterocycles. The summed E-state index contributed by atoms with van der Waals surface area (Å²) in [5.41, 5.74) is 0.567. The van der Waals surface area contributed by atoms with Crippen LogP contribution >= 0.6 is 0 Å². The number of nitrogens with one attached hydrogen (secondary N) is 1. The zero-order valence-corrected chi connectivity index (χ0v) is 10.3. The Kier molecular flexibility index (Phi) is 3.93. The van der Waals surface area contributed by atoms with Gasteiger partial charge < -0.3 is 15.3 Å². The molecule has 1 heterocycles. The third kappa shape index (κ3) is 2.52. The normalized spacial score (nSPS) is 24.4. The van der Waals surface area contributed by atoms with Crippen LogP contribution in [0.3, 0.4) is 0 Å². The summed E-state index contributed by atoms with van der Waals surface area (Å²) in [6.45, 7) is 2.49. The minimum absolute atomic E-state index is 0.0331. The van der Waals surface area contributed by atoms with Gasteiger partial charge in [-0.05, 0) is 31.5 Å². The van der Waals surface area contributed by atoms with Gasteiger partial charge in [0, 0.05) is 24.9 Å². The first-order valence-corrected chi connectivity index (χ1v) is 6.06. The highest BCUT2D eigenvalue weighted by molar-refractivity contribution is 5.98. The lowest BCUT2D eigenvalue weighted by Crippen LogP contribution is -2.59. The average Bonchev–Trinajstić information content (AvgIpc) is 2.33. The number of piperazine rings is 1. The van der Waals surface area contributed by atoms with Crippen LogP contribution in [0.15, 0.2) is 24.3 Å². The molecule has 1 amide bonds. The van der Waals surface area contributed by atoms with E-state index in [1.807, 2.05) is 6.92 Å². The molecule has 1 aromatic carbocycles. The molecule has 2 atom stereocenters. The summed E-state index contributed by atoms with van der Waals surface area (Å²) >= 11 is 0. The smallest absolute Gasteiger partial charge is 0.244 e. The Morgan fingerprint density at radius 2 is 2.33 bits per heavy atom. The van der Waals surface area contributed by atoms with Crippen molar-refractivity contribution >= 4 is 11.6 Å². The molecule has 2 unspecified atom stereocenters. The van der Waals surface area contributed by atoms with E-state index in [9.17, 15) is 9.18 Å². The molecule has 0 aliphatic carbocycles. The molecule has 0 bridgehead atoms. The van der Waals surface area contributed by atoms with Crippen molar-refractivity contribution in [3.8, 4) is 0 Å². The number of benzene rings is 1. The minimum atomic E-state index is -0.394. The summed E-state index contributed by atoms with van der Waals surface area (Å²) in [5.74, 6) is -0.474. The van der Waals surface area contributed by atoms with E-state index in [1.54, 1.807) is 17.0 Å². The number of aliphatic hydroxyl groups excluding tert-OH is 1. The van der Waals surface area contributed by atoms with Gasteiger partial charge in [0.2, 0.25) is 5.91 Å². The second kappa shape index (κ2) is 5.46. The third-order valence-corrected chi connectivity index (χ3v) is 3.14. The SMILES string of the molecule is CC1CNC(CCO)C(=O)N1c1cccc(F)c1. The van der Waals surface area contributed by atoms with Gasteiger partial charge in [-0.2, -0.15) is 0 Å². The summed E-state index contributed by atoms with van der Waals surface area (Å²) in [7, 11) is 0. The van der Waals surface area contributed by atoms with Crippen LogP contribution in [0.5, 0.6) is 0 Å². The van der Waals surface area contributed by atoms with E-state index in [0.717, 1.165) is 0 Å². The lowest BCUT2D eigenvalue weighted by Gasteiger charge is -2.38. The summed E-state index contributed by atoms with van der Waals surface area (Å²) in [5, 5.41) is 12.0. The van der Waals surface area contributed by atoms with Gasteiger partial charge in [0.15, 0.2) is 0 Å². The predicted octanol–water partition coefficient (Wildman–Crippen LogP) is 0.901. The van der Waals surface area contributed by atoms with E-state index < -0.39 is 6.04 Å². The number of hydrogen-bond donors (Lipinski definition) is 2. The number of anilines is 1. The maximum absolute atomic E-state index is 13.2. The fourth-order valence-electron chi connectivity index (χ4n) is 2.24. The Morgan fingerprint density at radius 3 is 3.00 bits per heavy atom. The lowest BCUT2D eigenvalue weighted by atomic mass is 10.1. The van der Waals surface area contributed by atoms with Crippen molar-refractivity contribution in [1.29, 1.82) is 0 Å². The highest BCUT2D eigenvalue weighted by atomic mass is 19.1. The number of carbonyl (C=O) groups excluding carboxylic acids is 1. The molecule has 0 spiro atoms. The summed E-state index contributed by atoms with van der Waals surface area (Å²) in [6.07, 6.45) is 0.372. The Bertz CT molecular complexity index is 439. The van der Waals surface area contributed by atoms with Gasteiger partial charge in [0.25, 0.3) is 0 Å². The fourth-order valence-corrected chi connectivity index (χ4v) is 2.24. The van der Waals surface area contributed by atoms with Crippen LogP contribution < -0.4 is 10.2 Å². The first-order valence-electron chi connectivity index (χ1n) is 6.06. The van der Waals surface area contributed by atoms with Crippen LogP contribution in [-0.2, 0) is 4.79 Å². The highest BCUT2D eigenvalue weighted by Gasteiger charge is 2.33. The van der Waals surface area contributed by atoms with Crippen LogP contribution in [0.25, 0.3) is 0 Å². The fraction of sp³-hybridized carbons (Fsp3) is 0.462. The van der Waals surface area contributed by atoms with Gasteiger partial charge in [-0.1, -0.05) is 6.07 Å². The van der Waals surface area contributed by atoms with Gasteiger partial charge >= 0.3 is 0 Å². The molecule has 2 rings (SSSR count). The maximum atomic E-state index is 13.2. The zero-order valence-electron chi connectivity index (χ0n) is 10.3. The first-order chi connectivity index (χ1) is 8.63. The average molecular weight is 252 g/mol. The molecule has 4 nitrogen and oxygen atoms in total. The number of carbonyl (C=O) groups is 1. The van der Waals surface area contributed by atoms with Crippen LogP contribution in [0, 0.1) is 5.82 Å². The van der Waals surface area contributed by atoms with Crippen LogP contribution in [0.1, 0.15) is 13.3 Å².